The maximum Gasteiger partial charge on any atom is 0.134 e. The first-order valence-electron chi connectivity index (χ1n) is 8.79. The quantitative estimate of drug-likeness (QED) is 0.801. The Balaban J connectivity index is 1.56. The van der Waals surface area contributed by atoms with E-state index in [9.17, 15) is 5.11 Å². The minimum Gasteiger partial charge on any atom is -0.396 e. The lowest BCUT2D eigenvalue weighted by Crippen LogP contribution is -2.36. The topological polar surface area (TPSA) is 70.5 Å². The molecule has 2 heterocycles. The Morgan fingerprint density at radius 3 is 2.68 bits per heavy atom. The van der Waals surface area contributed by atoms with Crippen molar-refractivity contribution in [1.29, 1.82) is 0 Å². The van der Waals surface area contributed by atoms with E-state index in [1.165, 1.54) is 11.1 Å². The third-order valence-electron chi connectivity index (χ3n) is 4.46. The molecule has 2 N–H and O–H groups in total. The molecule has 0 saturated carbocycles. The molecule has 1 aromatic carbocycles. The minimum atomic E-state index is 0.141. The van der Waals surface area contributed by atoms with Crippen LogP contribution in [0.2, 0.25) is 0 Å². The summed E-state index contributed by atoms with van der Waals surface area (Å²) in [6.07, 6.45) is 2.42. The number of aryl methyl sites for hydroxylation is 1. The number of nitrogens with one attached hydrogen (secondary N) is 1. The van der Waals surface area contributed by atoms with Crippen LogP contribution in [0.3, 0.4) is 0 Å². The Morgan fingerprint density at radius 2 is 1.96 bits per heavy atom. The fourth-order valence-electron chi connectivity index (χ4n) is 2.92. The maximum atomic E-state index is 9.68. The van der Waals surface area contributed by atoms with E-state index < -0.39 is 0 Å². The zero-order valence-corrected chi connectivity index (χ0v) is 14.7. The second kappa shape index (κ2) is 8.78. The van der Waals surface area contributed by atoms with Crippen molar-refractivity contribution in [1.82, 2.24) is 9.97 Å². The van der Waals surface area contributed by atoms with Gasteiger partial charge in [-0.2, -0.15) is 0 Å². The van der Waals surface area contributed by atoms with E-state index in [1.54, 1.807) is 6.33 Å². The Bertz CT molecular complexity index is 657. The fourth-order valence-corrected chi connectivity index (χ4v) is 2.92. The van der Waals surface area contributed by atoms with E-state index in [0.717, 1.165) is 44.4 Å². The first-order chi connectivity index (χ1) is 12.2. The van der Waals surface area contributed by atoms with E-state index in [-0.39, 0.29) is 12.5 Å². The Hall–Kier alpha value is -2.18. The highest BCUT2D eigenvalue weighted by Crippen LogP contribution is 2.16. The van der Waals surface area contributed by atoms with Crippen molar-refractivity contribution < 1.29 is 9.84 Å². The van der Waals surface area contributed by atoms with Gasteiger partial charge in [0.05, 0.1) is 13.2 Å². The molecule has 1 aromatic heterocycles. The SMILES string of the molecule is Cc1ccc(CC(CO)CNc2cc(N3CCOCC3)ncn2)cc1. The molecule has 25 heavy (non-hydrogen) atoms. The number of aliphatic hydroxyl groups is 1. The van der Waals surface area contributed by atoms with Gasteiger partial charge in [0.25, 0.3) is 0 Å². The number of aliphatic hydroxyl groups excluding tert-OH is 1. The number of benzene rings is 1. The van der Waals surface area contributed by atoms with Gasteiger partial charge in [-0.1, -0.05) is 29.8 Å². The van der Waals surface area contributed by atoms with Crippen LogP contribution < -0.4 is 10.2 Å². The van der Waals surface area contributed by atoms with Crippen LogP contribution in [0.25, 0.3) is 0 Å². The third-order valence-corrected chi connectivity index (χ3v) is 4.46. The van der Waals surface area contributed by atoms with Crippen LogP contribution in [0.1, 0.15) is 11.1 Å². The average Bonchev–Trinajstić information content (AvgIpc) is 2.67. The van der Waals surface area contributed by atoms with Crippen molar-refractivity contribution in [3.8, 4) is 0 Å². The van der Waals surface area contributed by atoms with Gasteiger partial charge in [-0.25, -0.2) is 9.97 Å². The van der Waals surface area contributed by atoms with Crippen molar-refractivity contribution in [2.75, 3.05) is 49.7 Å². The average molecular weight is 342 g/mol. The van der Waals surface area contributed by atoms with E-state index in [1.807, 2.05) is 6.07 Å². The molecule has 1 unspecified atom stereocenters. The highest BCUT2D eigenvalue weighted by atomic mass is 16.5. The number of hydrogen-bond acceptors (Lipinski definition) is 6. The molecule has 0 amide bonds. The summed E-state index contributed by atoms with van der Waals surface area (Å²) in [5, 5.41) is 13.0. The molecule has 3 rings (SSSR count). The van der Waals surface area contributed by atoms with Crippen molar-refractivity contribution in [2.24, 2.45) is 5.92 Å². The molecule has 1 aliphatic heterocycles. The van der Waals surface area contributed by atoms with Gasteiger partial charge in [-0.3, -0.25) is 0 Å². The number of hydrogen-bond donors (Lipinski definition) is 2. The summed E-state index contributed by atoms with van der Waals surface area (Å²) >= 11 is 0. The monoisotopic (exact) mass is 342 g/mol. The van der Waals surface area contributed by atoms with E-state index in [2.05, 4.69) is 51.4 Å². The lowest BCUT2D eigenvalue weighted by atomic mass is 9.99. The summed E-state index contributed by atoms with van der Waals surface area (Å²) in [5.41, 5.74) is 2.49. The van der Waals surface area contributed by atoms with Gasteiger partial charge >= 0.3 is 0 Å². The van der Waals surface area contributed by atoms with Gasteiger partial charge in [0.2, 0.25) is 0 Å². The lowest BCUT2D eigenvalue weighted by molar-refractivity contribution is 0.122. The third kappa shape index (κ3) is 5.14. The van der Waals surface area contributed by atoms with Crippen LogP contribution in [0.15, 0.2) is 36.7 Å². The van der Waals surface area contributed by atoms with Crippen molar-refractivity contribution >= 4 is 11.6 Å². The second-order valence-corrected chi connectivity index (χ2v) is 6.48. The first kappa shape index (κ1) is 17.6. The van der Waals surface area contributed by atoms with E-state index in [0.29, 0.717) is 6.54 Å². The molecule has 1 atom stereocenters. The minimum absolute atomic E-state index is 0.141. The van der Waals surface area contributed by atoms with E-state index in [4.69, 9.17) is 4.74 Å². The molecule has 0 bridgehead atoms. The molecular weight excluding hydrogens is 316 g/mol. The number of aromatic nitrogens is 2. The molecule has 2 aromatic rings. The summed E-state index contributed by atoms with van der Waals surface area (Å²) < 4.78 is 5.38. The van der Waals surface area contributed by atoms with Gasteiger partial charge < -0.3 is 20.1 Å². The Labute approximate surface area is 148 Å². The van der Waals surface area contributed by atoms with Gasteiger partial charge in [-0.05, 0) is 18.9 Å². The first-order valence-corrected chi connectivity index (χ1v) is 8.79. The lowest BCUT2D eigenvalue weighted by Gasteiger charge is -2.27. The molecule has 6 nitrogen and oxygen atoms in total. The number of ether oxygens (including phenoxy) is 1. The highest BCUT2D eigenvalue weighted by molar-refractivity contribution is 5.48. The van der Waals surface area contributed by atoms with Crippen LogP contribution >= 0.6 is 0 Å². The number of rotatable bonds is 7. The van der Waals surface area contributed by atoms with Crippen LogP contribution in [0, 0.1) is 12.8 Å². The molecule has 1 aliphatic rings. The van der Waals surface area contributed by atoms with Gasteiger partial charge in [0, 0.05) is 38.2 Å². The van der Waals surface area contributed by atoms with E-state index >= 15 is 0 Å². The smallest absolute Gasteiger partial charge is 0.134 e. The summed E-state index contributed by atoms with van der Waals surface area (Å²) in [5.74, 6) is 1.85. The number of anilines is 2. The van der Waals surface area contributed by atoms with Gasteiger partial charge in [-0.15, -0.1) is 0 Å². The molecule has 0 spiro atoms. The molecule has 1 saturated heterocycles. The van der Waals surface area contributed by atoms with Crippen molar-refractivity contribution in [3.63, 3.8) is 0 Å². The van der Waals surface area contributed by atoms with Gasteiger partial charge in [0.15, 0.2) is 0 Å². The van der Waals surface area contributed by atoms with Crippen molar-refractivity contribution in [3.05, 3.63) is 47.8 Å². The number of morpholine rings is 1. The van der Waals surface area contributed by atoms with Crippen LogP contribution in [-0.2, 0) is 11.2 Å². The van der Waals surface area contributed by atoms with Crippen LogP contribution in [0.5, 0.6) is 0 Å². The van der Waals surface area contributed by atoms with Crippen LogP contribution in [-0.4, -0.2) is 54.5 Å². The predicted octanol–water partition coefficient (Wildman–Crippen LogP) is 1.88. The normalized spacial score (nSPS) is 15.8. The summed E-state index contributed by atoms with van der Waals surface area (Å²) in [4.78, 5) is 10.9. The Morgan fingerprint density at radius 1 is 1.20 bits per heavy atom. The van der Waals surface area contributed by atoms with Crippen molar-refractivity contribution in [2.45, 2.75) is 13.3 Å². The molecule has 1 fully saturated rings. The zero-order chi connectivity index (χ0) is 17.5. The largest absolute Gasteiger partial charge is 0.396 e. The summed E-state index contributed by atoms with van der Waals surface area (Å²) in [6.45, 7) is 6.06. The summed E-state index contributed by atoms with van der Waals surface area (Å²) in [7, 11) is 0. The molecule has 0 aliphatic carbocycles. The summed E-state index contributed by atoms with van der Waals surface area (Å²) in [6, 6.07) is 10.4. The standard InChI is InChI=1S/C19H26N4O2/c1-15-2-4-16(5-3-15)10-17(13-24)12-20-18-11-19(22-14-21-18)23-6-8-25-9-7-23/h2-5,11,14,17,24H,6-10,12-13H2,1H3,(H,20,21,22). The predicted molar refractivity (Wildman–Crippen MR) is 99.0 cm³/mol. The molecule has 134 valence electrons. The van der Waals surface area contributed by atoms with Gasteiger partial charge in [0.1, 0.15) is 18.0 Å². The Kier molecular flexibility index (Phi) is 6.19. The molecule has 0 radical (unpaired) electrons. The van der Waals surface area contributed by atoms with Crippen LogP contribution in [0.4, 0.5) is 11.6 Å². The maximum absolute atomic E-state index is 9.68. The highest BCUT2D eigenvalue weighted by Gasteiger charge is 2.14. The molecule has 6 heteroatoms. The fraction of sp³-hybridized carbons (Fsp3) is 0.474. The second-order valence-electron chi connectivity index (χ2n) is 6.48. The zero-order valence-electron chi connectivity index (χ0n) is 14.7. The molecular formula is C19H26N4O2. The number of nitrogens with zero attached hydrogens (tertiary/aromatic N) is 3.